The number of carbonyl (C=O) groups excluding carboxylic acids is 3. The summed E-state index contributed by atoms with van der Waals surface area (Å²) < 4.78 is 10.6. The average molecular weight is 486 g/mol. The lowest BCUT2D eigenvalue weighted by atomic mass is 10.2. The molecule has 0 saturated heterocycles. The minimum absolute atomic E-state index is 0.169. The Morgan fingerprint density at radius 2 is 1.58 bits per heavy atom. The quantitative estimate of drug-likeness (QED) is 0.178. The van der Waals surface area contributed by atoms with Crippen molar-refractivity contribution in [3.63, 3.8) is 0 Å². The Bertz CT molecular complexity index is 1230. The van der Waals surface area contributed by atoms with E-state index >= 15 is 0 Å². The molecule has 0 aromatic heterocycles. The van der Waals surface area contributed by atoms with Gasteiger partial charge in [-0.1, -0.05) is 47.5 Å². The summed E-state index contributed by atoms with van der Waals surface area (Å²) in [4.78, 5) is 36.3. The van der Waals surface area contributed by atoms with Crippen LogP contribution < -0.4 is 20.2 Å². The molecule has 0 bridgehead atoms. The number of hydrazone groups is 1. The third kappa shape index (κ3) is 6.31. The zero-order chi connectivity index (χ0) is 23.8. The van der Waals surface area contributed by atoms with E-state index in [2.05, 4.69) is 15.8 Å². The summed E-state index contributed by atoms with van der Waals surface area (Å²) >= 11 is 12.0. The number of nitrogens with zero attached hydrogens (tertiary/aromatic N) is 1. The number of halogens is 2. The number of amides is 2. The van der Waals surface area contributed by atoms with Crippen LogP contribution in [0.25, 0.3) is 0 Å². The summed E-state index contributed by atoms with van der Waals surface area (Å²) in [5.74, 6) is -2.13. The minimum atomic E-state index is -0.983. The largest absolute Gasteiger partial charge is 0.493 e. The van der Waals surface area contributed by atoms with Crippen molar-refractivity contribution in [2.45, 2.75) is 0 Å². The SMILES string of the molecule is COc1cc(/C=N/NC(=O)C(=O)Nc2ccccc2Cl)ccc1OC(=O)c1ccccc1Cl. The summed E-state index contributed by atoms with van der Waals surface area (Å²) in [5.41, 5.74) is 3.14. The Balaban J connectivity index is 1.62. The number of anilines is 1. The van der Waals surface area contributed by atoms with Gasteiger partial charge in [-0.25, -0.2) is 10.2 Å². The summed E-state index contributed by atoms with van der Waals surface area (Å²) in [7, 11) is 1.41. The van der Waals surface area contributed by atoms with Crippen LogP contribution in [0.1, 0.15) is 15.9 Å². The Kier molecular flexibility index (Phi) is 8.01. The highest BCUT2D eigenvalue weighted by Crippen LogP contribution is 2.29. The molecule has 0 unspecified atom stereocenters. The van der Waals surface area contributed by atoms with Crippen molar-refractivity contribution in [2.24, 2.45) is 5.10 Å². The fourth-order valence-corrected chi connectivity index (χ4v) is 2.98. The number of rotatable bonds is 6. The third-order valence-electron chi connectivity index (χ3n) is 4.19. The van der Waals surface area contributed by atoms with E-state index < -0.39 is 17.8 Å². The highest BCUT2D eigenvalue weighted by Gasteiger charge is 2.16. The van der Waals surface area contributed by atoms with E-state index in [1.165, 1.54) is 25.5 Å². The van der Waals surface area contributed by atoms with Gasteiger partial charge in [0.25, 0.3) is 0 Å². The highest BCUT2D eigenvalue weighted by atomic mass is 35.5. The van der Waals surface area contributed by atoms with Crippen molar-refractivity contribution >= 4 is 52.9 Å². The number of nitrogens with one attached hydrogen (secondary N) is 2. The zero-order valence-electron chi connectivity index (χ0n) is 17.2. The predicted octanol–water partition coefficient (Wildman–Crippen LogP) is 4.31. The van der Waals surface area contributed by atoms with Crippen LogP contribution in [0.3, 0.4) is 0 Å². The minimum Gasteiger partial charge on any atom is -0.493 e. The van der Waals surface area contributed by atoms with Gasteiger partial charge in [0, 0.05) is 0 Å². The van der Waals surface area contributed by atoms with Gasteiger partial charge in [0.15, 0.2) is 11.5 Å². The molecule has 2 N–H and O–H groups in total. The van der Waals surface area contributed by atoms with Crippen LogP contribution in [0.2, 0.25) is 10.0 Å². The molecule has 0 spiro atoms. The fourth-order valence-electron chi connectivity index (χ4n) is 2.59. The molecule has 10 heteroatoms. The lowest BCUT2D eigenvalue weighted by Crippen LogP contribution is -2.32. The Hall–Kier alpha value is -3.88. The van der Waals surface area contributed by atoms with Crippen molar-refractivity contribution in [3.8, 4) is 11.5 Å². The standard InChI is InChI=1S/C23H17Cl2N3O5/c1-32-20-12-14(10-11-19(20)33-23(31)15-6-2-3-7-16(15)24)13-26-28-22(30)21(29)27-18-9-5-4-8-17(18)25/h2-13H,1H3,(H,27,29)(H,28,30)/b26-13+. The number of hydrogen-bond acceptors (Lipinski definition) is 6. The van der Waals surface area contributed by atoms with E-state index in [4.69, 9.17) is 32.7 Å². The molecule has 0 aliphatic carbocycles. The second-order valence-electron chi connectivity index (χ2n) is 6.41. The van der Waals surface area contributed by atoms with E-state index in [0.717, 1.165) is 0 Å². The van der Waals surface area contributed by atoms with Crippen LogP contribution in [0.15, 0.2) is 71.8 Å². The Morgan fingerprint density at radius 1 is 0.879 bits per heavy atom. The molecule has 8 nitrogen and oxygen atoms in total. The molecule has 3 aromatic carbocycles. The number of benzene rings is 3. The number of methoxy groups -OCH3 is 1. The number of esters is 1. The summed E-state index contributed by atoms with van der Waals surface area (Å²) in [6.07, 6.45) is 1.29. The lowest BCUT2D eigenvalue weighted by molar-refractivity contribution is -0.136. The molecule has 168 valence electrons. The monoisotopic (exact) mass is 485 g/mol. The van der Waals surface area contributed by atoms with Gasteiger partial charge in [0.05, 0.1) is 34.6 Å². The molecule has 0 aliphatic heterocycles. The molecule has 2 amide bonds. The fraction of sp³-hybridized carbons (Fsp3) is 0.0435. The number of hydrogen-bond donors (Lipinski definition) is 2. The van der Waals surface area contributed by atoms with E-state index in [0.29, 0.717) is 16.3 Å². The van der Waals surface area contributed by atoms with Crippen molar-refractivity contribution in [2.75, 3.05) is 12.4 Å². The van der Waals surface area contributed by atoms with E-state index in [1.54, 1.807) is 54.6 Å². The summed E-state index contributed by atoms with van der Waals surface area (Å²) in [6.45, 7) is 0. The molecule has 0 aliphatic rings. The zero-order valence-corrected chi connectivity index (χ0v) is 18.7. The normalized spacial score (nSPS) is 10.5. The molecule has 0 fully saturated rings. The van der Waals surface area contributed by atoms with Gasteiger partial charge in [-0.3, -0.25) is 9.59 Å². The van der Waals surface area contributed by atoms with Gasteiger partial charge >= 0.3 is 17.8 Å². The molecular formula is C23H17Cl2N3O5. The maximum absolute atomic E-state index is 12.4. The van der Waals surface area contributed by atoms with Crippen LogP contribution in [0.4, 0.5) is 5.69 Å². The maximum Gasteiger partial charge on any atom is 0.345 e. The number of carbonyl (C=O) groups is 3. The van der Waals surface area contributed by atoms with Gasteiger partial charge in [-0.05, 0) is 48.0 Å². The van der Waals surface area contributed by atoms with Crippen molar-refractivity contribution in [3.05, 3.63) is 87.9 Å². The van der Waals surface area contributed by atoms with Crippen molar-refractivity contribution in [1.29, 1.82) is 0 Å². The number of para-hydroxylation sites is 1. The van der Waals surface area contributed by atoms with Gasteiger partial charge < -0.3 is 14.8 Å². The summed E-state index contributed by atoms with van der Waals surface area (Å²) in [5, 5.41) is 6.70. The Morgan fingerprint density at radius 3 is 2.27 bits per heavy atom. The highest BCUT2D eigenvalue weighted by molar-refractivity contribution is 6.41. The first-order chi connectivity index (χ1) is 15.9. The Labute approximate surface area is 199 Å². The molecular weight excluding hydrogens is 469 g/mol. The van der Waals surface area contributed by atoms with E-state index in [9.17, 15) is 14.4 Å². The first kappa shape index (κ1) is 23.8. The topological polar surface area (TPSA) is 106 Å². The van der Waals surface area contributed by atoms with Crippen molar-refractivity contribution < 1.29 is 23.9 Å². The van der Waals surface area contributed by atoms with Gasteiger partial charge in [0.2, 0.25) is 0 Å². The van der Waals surface area contributed by atoms with Crippen LogP contribution in [0, 0.1) is 0 Å². The molecule has 33 heavy (non-hydrogen) atoms. The van der Waals surface area contributed by atoms with Gasteiger partial charge in [-0.15, -0.1) is 0 Å². The van der Waals surface area contributed by atoms with Crippen molar-refractivity contribution in [1.82, 2.24) is 5.43 Å². The molecule has 0 atom stereocenters. The van der Waals surface area contributed by atoms with Crippen LogP contribution in [-0.2, 0) is 9.59 Å². The maximum atomic E-state index is 12.4. The van der Waals surface area contributed by atoms with E-state index in [-0.39, 0.29) is 22.1 Å². The van der Waals surface area contributed by atoms with Crippen LogP contribution in [0.5, 0.6) is 11.5 Å². The predicted molar refractivity (Wildman–Crippen MR) is 125 cm³/mol. The third-order valence-corrected chi connectivity index (χ3v) is 4.85. The molecule has 3 rings (SSSR count). The average Bonchev–Trinajstić information content (AvgIpc) is 2.81. The summed E-state index contributed by atoms with van der Waals surface area (Å²) in [6, 6.07) is 17.6. The van der Waals surface area contributed by atoms with E-state index in [1.807, 2.05) is 0 Å². The van der Waals surface area contributed by atoms with Crippen LogP contribution >= 0.6 is 23.2 Å². The first-order valence-corrected chi connectivity index (χ1v) is 10.2. The van der Waals surface area contributed by atoms with Gasteiger partial charge in [-0.2, -0.15) is 5.10 Å². The second-order valence-corrected chi connectivity index (χ2v) is 7.23. The second kappa shape index (κ2) is 11.1. The lowest BCUT2D eigenvalue weighted by Gasteiger charge is -2.10. The van der Waals surface area contributed by atoms with Gasteiger partial charge in [0.1, 0.15) is 0 Å². The molecule has 3 aromatic rings. The molecule has 0 saturated carbocycles. The first-order valence-electron chi connectivity index (χ1n) is 9.42. The molecule has 0 radical (unpaired) electrons. The number of ether oxygens (including phenoxy) is 2. The smallest absolute Gasteiger partial charge is 0.345 e. The van der Waals surface area contributed by atoms with Crippen LogP contribution in [-0.4, -0.2) is 31.1 Å². The molecule has 0 heterocycles.